The van der Waals surface area contributed by atoms with Crippen molar-refractivity contribution in [2.24, 2.45) is 0 Å². The number of amides is 2. The number of nitrogens with zero attached hydrogens (tertiary/aromatic N) is 3. The van der Waals surface area contributed by atoms with Crippen molar-refractivity contribution in [3.8, 4) is 0 Å². The van der Waals surface area contributed by atoms with Crippen molar-refractivity contribution in [3.05, 3.63) is 6.20 Å². The Bertz CT molecular complexity index is 1440. The van der Waals surface area contributed by atoms with Crippen molar-refractivity contribution in [2.45, 2.75) is 262 Å². The fourth-order valence-electron chi connectivity index (χ4n) is 8.36. The molecule has 2 rings (SSSR count). The van der Waals surface area contributed by atoms with Gasteiger partial charge in [-0.2, -0.15) is 11.8 Å². The van der Waals surface area contributed by atoms with Crippen LogP contribution in [-0.2, 0) is 28.7 Å². The lowest BCUT2D eigenvalue weighted by molar-refractivity contribution is -0.200. The minimum atomic E-state index is -1.79. The summed E-state index contributed by atoms with van der Waals surface area (Å²) < 4.78 is 12.5. The Morgan fingerprint density at radius 1 is 0.582 bits per heavy atom. The number of nitrogens with one attached hydrogen (secondary N) is 2. The summed E-state index contributed by atoms with van der Waals surface area (Å²) >= 11 is 1.26. The largest absolute Gasteiger partial charge is 0.462 e. The first-order valence-electron chi connectivity index (χ1n) is 26.3. The molecule has 1 aromatic rings. The average molecular weight is 970 g/mol. The highest BCUT2D eigenvalue weighted by Crippen LogP contribution is 2.30. The third-order valence-electron chi connectivity index (χ3n) is 12.6. The molecule has 0 aliphatic heterocycles. The molecule has 0 unspecified atom stereocenters. The number of aliphatic hydroxyl groups is 5. The third kappa shape index (κ3) is 26.7. The lowest BCUT2D eigenvalue weighted by Crippen LogP contribution is -2.61. The maximum Gasteiger partial charge on any atom is 0.306 e. The SMILES string of the molecule is CCCCCCCCCCCC(=O)N[C@H](CSC[C@@H](COC(=O)CCCCCCCCCCC)OC(=O)CCCCCCCCCCC)C(=O)Nc1cn([C@@H]2[C@H](O)[C@H](O)[C@@H](O)[C@H](O)[C@H]2O)nn1. The predicted molar refractivity (Wildman–Crippen MR) is 263 cm³/mol. The summed E-state index contributed by atoms with van der Waals surface area (Å²) in [6, 6.07) is -2.47. The van der Waals surface area contributed by atoms with E-state index in [-0.39, 0.29) is 61.0 Å². The van der Waals surface area contributed by atoms with E-state index in [4.69, 9.17) is 9.47 Å². The van der Waals surface area contributed by atoms with Gasteiger partial charge < -0.3 is 45.6 Å². The minimum absolute atomic E-state index is 0.0680. The smallest absolute Gasteiger partial charge is 0.306 e. The molecule has 8 atom stereocenters. The Kier molecular flexibility index (Phi) is 34.2. The molecule has 1 saturated carbocycles. The molecule has 1 aliphatic carbocycles. The Morgan fingerprint density at radius 3 is 1.48 bits per heavy atom. The van der Waals surface area contributed by atoms with E-state index in [1.165, 1.54) is 114 Å². The fourth-order valence-corrected chi connectivity index (χ4v) is 9.39. The predicted octanol–water partition coefficient (Wildman–Crippen LogP) is 8.01. The van der Waals surface area contributed by atoms with Crippen LogP contribution in [-0.4, -0.2) is 125 Å². The first-order valence-corrected chi connectivity index (χ1v) is 27.4. The summed E-state index contributed by atoms with van der Waals surface area (Å²) in [6.07, 6.45) is 22.3. The second-order valence-electron chi connectivity index (χ2n) is 18.7. The Labute approximate surface area is 406 Å². The van der Waals surface area contributed by atoms with Gasteiger partial charge in [-0.25, -0.2) is 4.68 Å². The van der Waals surface area contributed by atoms with Crippen molar-refractivity contribution < 1.29 is 54.2 Å². The molecule has 0 spiro atoms. The van der Waals surface area contributed by atoms with Crippen LogP contribution in [0.3, 0.4) is 0 Å². The van der Waals surface area contributed by atoms with Crippen LogP contribution in [0.1, 0.15) is 219 Å². The molecule has 17 heteroatoms. The molecule has 388 valence electrons. The fraction of sp³-hybridized carbons (Fsp3) is 0.880. The lowest BCUT2D eigenvalue weighted by Gasteiger charge is -2.41. The molecule has 7 N–H and O–H groups in total. The summed E-state index contributed by atoms with van der Waals surface area (Å²) in [6.45, 7) is 6.48. The molecule has 0 saturated heterocycles. The third-order valence-corrected chi connectivity index (χ3v) is 13.8. The maximum atomic E-state index is 13.8. The zero-order chi connectivity index (χ0) is 49.1. The average Bonchev–Trinajstić information content (AvgIpc) is 3.77. The van der Waals surface area contributed by atoms with E-state index in [0.717, 1.165) is 68.9 Å². The van der Waals surface area contributed by atoms with Crippen molar-refractivity contribution in [1.82, 2.24) is 20.3 Å². The highest BCUT2D eigenvalue weighted by molar-refractivity contribution is 7.99. The number of hydrogen-bond acceptors (Lipinski definition) is 14. The summed E-state index contributed by atoms with van der Waals surface area (Å²) in [7, 11) is 0. The van der Waals surface area contributed by atoms with Gasteiger partial charge in [0.1, 0.15) is 55.3 Å². The molecule has 1 fully saturated rings. The van der Waals surface area contributed by atoms with Gasteiger partial charge in [-0.05, 0) is 19.3 Å². The maximum absolute atomic E-state index is 13.8. The van der Waals surface area contributed by atoms with Crippen molar-refractivity contribution >= 4 is 41.3 Å². The van der Waals surface area contributed by atoms with E-state index in [1.807, 2.05) is 0 Å². The lowest BCUT2D eigenvalue weighted by atomic mass is 9.83. The van der Waals surface area contributed by atoms with Gasteiger partial charge >= 0.3 is 11.9 Å². The van der Waals surface area contributed by atoms with Crippen LogP contribution in [0, 0.1) is 0 Å². The van der Waals surface area contributed by atoms with Gasteiger partial charge in [-0.3, -0.25) is 19.2 Å². The molecule has 0 radical (unpaired) electrons. The number of unbranched alkanes of at least 4 members (excludes halogenated alkanes) is 24. The summed E-state index contributed by atoms with van der Waals surface area (Å²) in [5.41, 5.74) is 0. The van der Waals surface area contributed by atoms with Crippen molar-refractivity contribution in [3.63, 3.8) is 0 Å². The van der Waals surface area contributed by atoms with Gasteiger partial charge in [0.2, 0.25) is 11.8 Å². The van der Waals surface area contributed by atoms with Gasteiger partial charge in [0.05, 0.1) is 6.20 Å². The van der Waals surface area contributed by atoms with E-state index < -0.39 is 54.6 Å². The molecule has 0 bridgehead atoms. The number of aromatic nitrogens is 3. The zero-order valence-corrected chi connectivity index (χ0v) is 42.3. The Morgan fingerprint density at radius 2 is 1.00 bits per heavy atom. The van der Waals surface area contributed by atoms with E-state index in [2.05, 4.69) is 41.7 Å². The zero-order valence-electron chi connectivity index (χ0n) is 41.5. The number of carbonyl (C=O) groups excluding carboxylic acids is 4. The van der Waals surface area contributed by atoms with E-state index in [1.54, 1.807) is 0 Å². The molecule has 2 amide bonds. The van der Waals surface area contributed by atoms with Gasteiger partial charge in [0.25, 0.3) is 0 Å². The van der Waals surface area contributed by atoms with Crippen LogP contribution >= 0.6 is 11.8 Å². The Balaban J connectivity index is 2.07. The second kappa shape index (κ2) is 38.0. The summed E-state index contributed by atoms with van der Waals surface area (Å²) in [4.78, 5) is 52.9. The van der Waals surface area contributed by atoms with Crippen molar-refractivity contribution in [1.29, 1.82) is 0 Å². The van der Waals surface area contributed by atoms with Crippen LogP contribution in [0.5, 0.6) is 0 Å². The molecule has 1 aromatic heterocycles. The number of ether oxygens (including phenoxy) is 2. The molecule has 0 aromatic carbocycles. The topological polar surface area (TPSA) is 243 Å². The minimum Gasteiger partial charge on any atom is -0.462 e. The van der Waals surface area contributed by atoms with Crippen LogP contribution in [0.2, 0.25) is 0 Å². The standard InChI is InChI=1S/C50H91N5O11S/c1-4-7-10-13-16-19-22-25-28-31-41(56)51-39(50(64)52-40-34-55(54-53-40)44-45(59)47(61)49(63)48(62)46(44)60)37-67-36-38(66-43(58)33-30-27-24-21-18-15-12-9-6-3)35-65-42(57)32-29-26-23-20-17-14-11-8-5-2/h34,38-39,44-49,59-63H,4-33,35-37H2,1-3H3,(H,51,56)(H,52,64)/t38-,39-,44-,45+,46+,47+,48-,49-/m1/s1. The summed E-state index contributed by atoms with van der Waals surface area (Å²) in [5, 5.41) is 64.9. The van der Waals surface area contributed by atoms with Crippen LogP contribution in [0.4, 0.5) is 5.82 Å². The number of thioether (sulfide) groups is 1. The quantitative estimate of drug-likeness (QED) is 0.0243. The number of hydrogen-bond donors (Lipinski definition) is 7. The van der Waals surface area contributed by atoms with E-state index in [9.17, 15) is 44.7 Å². The number of rotatable bonds is 41. The number of esters is 2. The second-order valence-corrected chi connectivity index (χ2v) is 19.8. The van der Waals surface area contributed by atoms with Gasteiger partial charge in [-0.1, -0.05) is 180 Å². The highest BCUT2D eigenvalue weighted by Gasteiger charge is 2.49. The van der Waals surface area contributed by atoms with Gasteiger partial charge in [-0.15, -0.1) is 5.10 Å². The Hall–Kier alpha value is -2.83. The monoisotopic (exact) mass is 970 g/mol. The summed E-state index contributed by atoms with van der Waals surface area (Å²) in [5.74, 6) is -1.50. The number of carbonyl (C=O) groups is 4. The molecular weight excluding hydrogens is 879 g/mol. The molecule has 67 heavy (non-hydrogen) atoms. The first kappa shape index (κ1) is 60.3. The molecule has 1 aliphatic rings. The van der Waals surface area contributed by atoms with E-state index in [0.29, 0.717) is 12.8 Å². The first-order chi connectivity index (χ1) is 32.4. The van der Waals surface area contributed by atoms with Crippen LogP contribution in [0.25, 0.3) is 0 Å². The van der Waals surface area contributed by atoms with E-state index >= 15 is 0 Å². The van der Waals surface area contributed by atoms with Gasteiger partial charge in [0, 0.05) is 30.8 Å². The molecular formula is C50H91N5O11S. The van der Waals surface area contributed by atoms with Gasteiger partial charge in [0.15, 0.2) is 5.82 Å². The van der Waals surface area contributed by atoms with Crippen LogP contribution < -0.4 is 10.6 Å². The molecule has 16 nitrogen and oxygen atoms in total. The van der Waals surface area contributed by atoms with Crippen molar-refractivity contribution in [2.75, 3.05) is 23.4 Å². The molecule has 1 heterocycles. The number of aliphatic hydroxyl groups excluding tert-OH is 5. The highest BCUT2D eigenvalue weighted by atomic mass is 32.2. The normalized spacial score (nSPS) is 20.3. The van der Waals surface area contributed by atoms with Crippen LogP contribution in [0.15, 0.2) is 6.20 Å². The number of anilines is 1.